The van der Waals surface area contributed by atoms with E-state index < -0.39 is 0 Å². The number of nitrogens with zero attached hydrogens (tertiary/aromatic N) is 2. The van der Waals surface area contributed by atoms with Gasteiger partial charge in [0.25, 0.3) is 0 Å². The van der Waals surface area contributed by atoms with Gasteiger partial charge < -0.3 is 10.2 Å². The summed E-state index contributed by atoms with van der Waals surface area (Å²) >= 11 is 5.13. The number of hydrazone groups is 1. The van der Waals surface area contributed by atoms with Gasteiger partial charge in [-0.05, 0) is 36.3 Å². The van der Waals surface area contributed by atoms with Gasteiger partial charge in [-0.3, -0.25) is 5.43 Å². The second-order valence-electron chi connectivity index (χ2n) is 4.82. The molecule has 0 aliphatic carbocycles. The molecule has 5 heteroatoms. The molecular weight excluding hydrogens is 268 g/mol. The Labute approximate surface area is 127 Å². The number of hydrogen-bond donors (Lipinski definition) is 2. The highest BCUT2D eigenvalue weighted by Crippen LogP contribution is 2.10. The molecule has 1 rings (SSSR count). The van der Waals surface area contributed by atoms with Crippen molar-refractivity contribution in [3.05, 3.63) is 29.8 Å². The minimum Gasteiger partial charge on any atom is -0.378 e. The first-order valence-electron chi connectivity index (χ1n) is 6.97. The van der Waals surface area contributed by atoms with Crippen LogP contribution in [-0.2, 0) is 0 Å². The number of nitrogens with one attached hydrogen (secondary N) is 2. The maximum Gasteiger partial charge on any atom is 0.186 e. The third kappa shape index (κ3) is 6.52. The Hall–Kier alpha value is -1.62. The van der Waals surface area contributed by atoms with Crippen LogP contribution in [0.5, 0.6) is 0 Å². The zero-order valence-corrected chi connectivity index (χ0v) is 13.3. The summed E-state index contributed by atoms with van der Waals surface area (Å²) in [6.45, 7) is 3.08. The molecule has 0 heterocycles. The van der Waals surface area contributed by atoms with E-state index in [1.165, 1.54) is 18.5 Å². The summed E-state index contributed by atoms with van der Waals surface area (Å²) in [5, 5.41) is 7.82. The average Bonchev–Trinajstić information content (AvgIpc) is 2.44. The first-order chi connectivity index (χ1) is 9.63. The smallest absolute Gasteiger partial charge is 0.186 e. The summed E-state index contributed by atoms with van der Waals surface area (Å²) in [6, 6.07) is 8.17. The number of unbranched alkanes of at least 4 members (excludes halogenated alkanes) is 2. The van der Waals surface area contributed by atoms with Gasteiger partial charge in [-0.25, -0.2) is 0 Å². The van der Waals surface area contributed by atoms with E-state index in [0.717, 1.165) is 18.5 Å². The van der Waals surface area contributed by atoms with Gasteiger partial charge in [0.2, 0.25) is 0 Å². The van der Waals surface area contributed by atoms with Gasteiger partial charge in [0.1, 0.15) is 0 Å². The number of benzene rings is 1. The lowest BCUT2D eigenvalue weighted by molar-refractivity contribution is 0.691. The van der Waals surface area contributed by atoms with E-state index in [2.05, 4.69) is 39.8 Å². The Kier molecular flexibility index (Phi) is 7.65. The largest absolute Gasteiger partial charge is 0.378 e. The van der Waals surface area contributed by atoms with Gasteiger partial charge in [0, 0.05) is 26.3 Å². The third-order valence-electron chi connectivity index (χ3n) is 2.86. The Morgan fingerprint density at radius 1 is 1.25 bits per heavy atom. The molecule has 0 aromatic heterocycles. The molecule has 0 saturated carbocycles. The molecule has 4 nitrogen and oxygen atoms in total. The number of anilines is 1. The lowest BCUT2D eigenvalue weighted by Gasteiger charge is -2.11. The van der Waals surface area contributed by atoms with Crippen LogP contribution >= 0.6 is 12.2 Å². The molecule has 1 aromatic carbocycles. The lowest BCUT2D eigenvalue weighted by atomic mass is 10.2. The van der Waals surface area contributed by atoms with Crippen LogP contribution in [-0.4, -0.2) is 32.0 Å². The second-order valence-corrected chi connectivity index (χ2v) is 5.23. The fraction of sp³-hybridized carbons (Fsp3) is 0.467. The van der Waals surface area contributed by atoms with Gasteiger partial charge >= 0.3 is 0 Å². The summed E-state index contributed by atoms with van der Waals surface area (Å²) in [4.78, 5) is 2.06. The van der Waals surface area contributed by atoms with Crippen LogP contribution in [0, 0.1) is 0 Å². The standard InChI is InChI=1S/C15H24N4S/c1-4-5-6-11-16-15(20)18-17-12-13-7-9-14(10-8-13)19(2)3/h7-10,12H,4-6,11H2,1-3H3,(H2,16,18,20)/b17-12-. The normalized spacial score (nSPS) is 10.6. The molecule has 0 radical (unpaired) electrons. The van der Waals surface area contributed by atoms with Crippen LogP contribution < -0.4 is 15.6 Å². The minimum absolute atomic E-state index is 0.572. The molecule has 0 atom stereocenters. The van der Waals surface area contributed by atoms with E-state index in [-0.39, 0.29) is 0 Å². The van der Waals surface area contributed by atoms with E-state index in [4.69, 9.17) is 12.2 Å². The molecule has 0 aliphatic rings. The molecule has 0 amide bonds. The zero-order chi connectivity index (χ0) is 14.8. The summed E-state index contributed by atoms with van der Waals surface area (Å²) in [5.74, 6) is 0. The highest BCUT2D eigenvalue weighted by molar-refractivity contribution is 7.80. The fourth-order valence-electron chi connectivity index (χ4n) is 1.64. The van der Waals surface area contributed by atoms with Crippen LogP contribution in [0.1, 0.15) is 31.7 Å². The van der Waals surface area contributed by atoms with Crippen molar-refractivity contribution in [3.63, 3.8) is 0 Å². The summed E-state index contributed by atoms with van der Waals surface area (Å²) in [6.07, 6.45) is 5.33. The molecule has 20 heavy (non-hydrogen) atoms. The Morgan fingerprint density at radius 2 is 1.95 bits per heavy atom. The van der Waals surface area contributed by atoms with Gasteiger partial charge in [-0.15, -0.1) is 0 Å². The Balaban J connectivity index is 2.31. The Bertz CT molecular complexity index is 426. The van der Waals surface area contributed by atoms with Crippen LogP contribution in [0.25, 0.3) is 0 Å². The molecule has 0 bridgehead atoms. The van der Waals surface area contributed by atoms with Crippen molar-refractivity contribution < 1.29 is 0 Å². The molecule has 0 spiro atoms. The van der Waals surface area contributed by atoms with E-state index in [9.17, 15) is 0 Å². The van der Waals surface area contributed by atoms with Crippen LogP contribution in [0.15, 0.2) is 29.4 Å². The molecule has 0 fully saturated rings. The van der Waals surface area contributed by atoms with Gasteiger partial charge in [0.05, 0.1) is 6.21 Å². The van der Waals surface area contributed by atoms with E-state index in [0.29, 0.717) is 5.11 Å². The maximum absolute atomic E-state index is 5.13. The minimum atomic E-state index is 0.572. The molecule has 0 saturated heterocycles. The molecule has 0 aliphatic heterocycles. The zero-order valence-electron chi connectivity index (χ0n) is 12.5. The van der Waals surface area contributed by atoms with E-state index in [1.807, 2.05) is 26.2 Å². The maximum atomic E-state index is 5.13. The Morgan fingerprint density at radius 3 is 2.55 bits per heavy atom. The molecule has 2 N–H and O–H groups in total. The van der Waals surface area contributed by atoms with Crippen LogP contribution in [0.2, 0.25) is 0 Å². The molecule has 110 valence electrons. The van der Waals surface area contributed by atoms with Crippen LogP contribution in [0.3, 0.4) is 0 Å². The van der Waals surface area contributed by atoms with Gasteiger partial charge in [0.15, 0.2) is 5.11 Å². The lowest BCUT2D eigenvalue weighted by Crippen LogP contribution is -2.32. The van der Waals surface area contributed by atoms with Crippen molar-refractivity contribution in [2.45, 2.75) is 26.2 Å². The third-order valence-corrected chi connectivity index (χ3v) is 3.09. The number of thiocarbonyl (C=S) groups is 1. The molecular formula is C15H24N4S. The molecule has 1 aromatic rings. The summed E-state index contributed by atoms with van der Waals surface area (Å²) in [7, 11) is 4.04. The topological polar surface area (TPSA) is 39.7 Å². The van der Waals surface area contributed by atoms with Crippen molar-refractivity contribution in [2.24, 2.45) is 5.10 Å². The first-order valence-corrected chi connectivity index (χ1v) is 7.38. The van der Waals surface area contributed by atoms with Crippen molar-refractivity contribution in [1.29, 1.82) is 0 Å². The first kappa shape index (κ1) is 16.4. The van der Waals surface area contributed by atoms with E-state index >= 15 is 0 Å². The van der Waals surface area contributed by atoms with Crippen molar-refractivity contribution in [3.8, 4) is 0 Å². The second kappa shape index (κ2) is 9.31. The van der Waals surface area contributed by atoms with Gasteiger partial charge in [-0.2, -0.15) is 5.10 Å². The van der Waals surface area contributed by atoms with E-state index in [1.54, 1.807) is 6.21 Å². The SMILES string of the molecule is CCCCCNC(=S)N/N=C\c1ccc(N(C)C)cc1. The summed E-state index contributed by atoms with van der Waals surface area (Å²) < 4.78 is 0. The van der Waals surface area contributed by atoms with Crippen molar-refractivity contribution >= 4 is 29.2 Å². The average molecular weight is 292 g/mol. The van der Waals surface area contributed by atoms with Crippen molar-refractivity contribution in [1.82, 2.24) is 10.7 Å². The highest BCUT2D eigenvalue weighted by atomic mass is 32.1. The van der Waals surface area contributed by atoms with Crippen LogP contribution in [0.4, 0.5) is 5.69 Å². The number of hydrogen-bond acceptors (Lipinski definition) is 3. The highest BCUT2D eigenvalue weighted by Gasteiger charge is 1.95. The fourth-order valence-corrected chi connectivity index (χ4v) is 1.80. The quantitative estimate of drug-likeness (QED) is 0.351. The predicted molar refractivity (Wildman–Crippen MR) is 91.6 cm³/mol. The molecule has 0 unspecified atom stereocenters. The van der Waals surface area contributed by atoms with Gasteiger partial charge in [-0.1, -0.05) is 31.9 Å². The summed E-state index contributed by atoms with van der Waals surface area (Å²) in [5.41, 5.74) is 5.03. The predicted octanol–water partition coefficient (Wildman–Crippen LogP) is 2.74. The van der Waals surface area contributed by atoms with Crippen molar-refractivity contribution in [2.75, 3.05) is 25.5 Å². The monoisotopic (exact) mass is 292 g/mol. The number of rotatable bonds is 7.